The van der Waals surface area contributed by atoms with Crippen LogP contribution in [0.3, 0.4) is 0 Å². The first-order valence-corrected chi connectivity index (χ1v) is 11.2. The Morgan fingerprint density at radius 2 is 1.68 bits per heavy atom. The van der Waals surface area contributed by atoms with Crippen molar-refractivity contribution >= 4 is 0 Å². The Morgan fingerprint density at radius 1 is 0.920 bits per heavy atom. The smallest absolute Gasteiger partial charge is 0.0622 e. The summed E-state index contributed by atoms with van der Waals surface area (Å²) in [5.41, 5.74) is 0.137. The topological polar surface area (TPSA) is 40.5 Å². The van der Waals surface area contributed by atoms with Crippen LogP contribution in [0.4, 0.5) is 0 Å². The summed E-state index contributed by atoms with van der Waals surface area (Å²) in [4.78, 5) is 0. The first-order chi connectivity index (χ1) is 11.9. The summed E-state index contributed by atoms with van der Waals surface area (Å²) in [6.07, 6.45) is 12.8. The van der Waals surface area contributed by atoms with Crippen molar-refractivity contribution < 1.29 is 10.2 Å². The molecule has 2 N–H and O–H groups in total. The average Bonchev–Trinajstić information content (AvgIpc) is 2.91. The maximum absolute atomic E-state index is 10.5. The fourth-order valence-corrected chi connectivity index (χ4v) is 8.46. The molecule has 0 aromatic rings. The van der Waals surface area contributed by atoms with E-state index in [1.54, 1.807) is 0 Å². The van der Waals surface area contributed by atoms with Crippen LogP contribution in [0.15, 0.2) is 0 Å². The van der Waals surface area contributed by atoms with Crippen LogP contribution in [0.1, 0.15) is 85.0 Å². The lowest BCUT2D eigenvalue weighted by Gasteiger charge is -2.57. The van der Waals surface area contributed by atoms with Crippen LogP contribution >= 0.6 is 0 Å². The summed E-state index contributed by atoms with van der Waals surface area (Å²) in [6.45, 7) is 7.42. The third kappa shape index (κ3) is 3.00. The number of fused-ring (bicyclic) bond motifs is 5. The van der Waals surface area contributed by atoms with E-state index in [2.05, 4.69) is 20.8 Å². The summed E-state index contributed by atoms with van der Waals surface area (Å²) in [7, 11) is 0. The van der Waals surface area contributed by atoms with Gasteiger partial charge >= 0.3 is 0 Å². The van der Waals surface area contributed by atoms with E-state index < -0.39 is 5.60 Å². The molecule has 2 nitrogen and oxygen atoms in total. The standard InChI is InChI=1S/C23H40O2/c1-15(10-13-24)20-6-7-21-19-5-4-16-14-22(2,25)11-8-17(16)18(19)9-12-23(20,21)3/h15-21,24-25H,4-14H2,1-3H3. The van der Waals surface area contributed by atoms with Crippen molar-refractivity contribution in [3.63, 3.8) is 0 Å². The van der Waals surface area contributed by atoms with Gasteiger partial charge in [0.05, 0.1) is 5.60 Å². The number of hydrogen-bond donors (Lipinski definition) is 2. The normalized spacial score (nSPS) is 53.6. The molecule has 4 rings (SSSR count). The maximum Gasteiger partial charge on any atom is 0.0622 e. The van der Waals surface area contributed by atoms with Crippen molar-refractivity contribution in [3.8, 4) is 0 Å². The van der Waals surface area contributed by atoms with E-state index in [1.165, 1.54) is 44.9 Å². The summed E-state index contributed by atoms with van der Waals surface area (Å²) < 4.78 is 0. The summed E-state index contributed by atoms with van der Waals surface area (Å²) in [6, 6.07) is 0. The molecule has 0 spiro atoms. The van der Waals surface area contributed by atoms with Gasteiger partial charge in [0.25, 0.3) is 0 Å². The van der Waals surface area contributed by atoms with Gasteiger partial charge < -0.3 is 10.2 Å². The van der Waals surface area contributed by atoms with Gasteiger partial charge in [-0.2, -0.15) is 0 Å². The summed E-state index contributed by atoms with van der Waals surface area (Å²) in [5.74, 6) is 6.03. The fraction of sp³-hybridized carbons (Fsp3) is 1.00. The zero-order valence-electron chi connectivity index (χ0n) is 16.7. The zero-order valence-corrected chi connectivity index (χ0v) is 16.7. The Morgan fingerprint density at radius 3 is 2.44 bits per heavy atom. The van der Waals surface area contributed by atoms with Gasteiger partial charge in [-0.05, 0) is 118 Å². The monoisotopic (exact) mass is 348 g/mol. The van der Waals surface area contributed by atoms with Crippen LogP contribution in [-0.2, 0) is 0 Å². The molecule has 9 atom stereocenters. The van der Waals surface area contributed by atoms with Gasteiger partial charge in [-0.1, -0.05) is 13.8 Å². The largest absolute Gasteiger partial charge is 0.396 e. The molecule has 4 fully saturated rings. The van der Waals surface area contributed by atoms with E-state index in [4.69, 9.17) is 0 Å². The molecule has 4 aliphatic carbocycles. The molecule has 0 bridgehead atoms. The van der Waals surface area contributed by atoms with Crippen molar-refractivity contribution in [1.82, 2.24) is 0 Å². The Bertz CT molecular complexity index is 486. The molecule has 25 heavy (non-hydrogen) atoms. The average molecular weight is 349 g/mol. The van der Waals surface area contributed by atoms with Crippen LogP contribution in [-0.4, -0.2) is 22.4 Å². The zero-order chi connectivity index (χ0) is 17.8. The first kappa shape index (κ1) is 18.3. The molecule has 0 radical (unpaired) electrons. The third-order valence-corrected chi connectivity index (χ3v) is 9.58. The van der Waals surface area contributed by atoms with E-state index in [0.717, 1.165) is 54.8 Å². The highest BCUT2D eigenvalue weighted by atomic mass is 16.3. The molecule has 0 aliphatic heterocycles. The van der Waals surface area contributed by atoms with Crippen molar-refractivity contribution in [2.24, 2.45) is 46.8 Å². The molecule has 2 heteroatoms. The van der Waals surface area contributed by atoms with E-state index in [1.807, 2.05) is 0 Å². The highest BCUT2D eigenvalue weighted by Gasteiger charge is 2.57. The molecule has 0 amide bonds. The van der Waals surface area contributed by atoms with E-state index in [-0.39, 0.29) is 0 Å². The number of hydrogen-bond acceptors (Lipinski definition) is 2. The SMILES string of the molecule is CC(CCO)C1CCC2C3CCC4CC(C)(O)CCC4C3CCC12C. The molecular weight excluding hydrogens is 308 g/mol. The van der Waals surface area contributed by atoms with Crippen LogP contribution in [0.2, 0.25) is 0 Å². The Balaban J connectivity index is 1.51. The van der Waals surface area contributed by atoms with Gasteiger partial charge in [-0.3, -0.25) is 0 Å². The number of rotatable bonds is 3. The summed E-state index contributed by atoms with van der Waals surface area (Å²) in [5, 5.41) is 19.9. The van der Waals surface area contributed by atoms with Crippen molar-refractivity contribution in [1.29, 1.82) is 0 Å². The molecule has 9 unspecified atom stereocenters. The van der Waals surface area contributed by atoms with Crippen LogP contribution in [0.5, 0.6) is 0 Å². The molecule has 0 saturated heterocycles. The molecule has 0 aromatic carbocycles. The van der Waals surface area contributed by atoms with Crippen molar-refractivity contribution in [2.75, 3.05) is 6.61 Å². The van der Waals surface area contributed by atoms with Gasteiger partial charge in [0.1, 0.15) is 0 Å². The van der Waals surface area contributed by atoms with E-state index in [0.29, 0.717) is 17.9 Å². The van der Waals surface area contributed by atoms with Gasteiger partial charge in [0, 0.05) is 6.61 Å². The highest BCUT2D eigenvalue weighted by Crippen LogP contribution is 2.65. The Kier molecular flexibility index (Phi) is 4.77. The van der Waals surface area contributed by atoms with Crippen LogP contribution in [0.25, 0.3) is 0 Å². The molecule has 144 valence electrons. The highest BCUT2D eigenvalue weighted by molar-refractivity contribution is 5.07. The van der Waals surface area contributed by atoms with Gasteiger partial charge in [0.15, 0.2) is 0 Å². The predicted octanol–water partition coefficient (Wildman–Crippen LogP) is 5.02. The number of aliphatic hydroxyl groups is 2. The molecular formula is C23H40O2. The second-order valence-corrected chi connectivity index (χ2v) is 10.9. The van der Waals surface area contributed by atoms with E-state index >= 15 is 0 Å². The Labute approximate surface area is 154 Å². The molecule has 4 aliphatic rings. The van der Waals surface area contributed by atoms with Crippen LogP contribution in [0, 0.1) is 46.8 Å². The van der Waals surface area contributed by atoms with Crippen LogP contribution < -0.4 is 0 Å². The minimum absolute atomic E-state index is 0.355. The Hall–Kier alpha value is -0.0800. The quantitative estimate of drug-likeness (QED) is 0.751. The van der Waals surface area contributed by atoms with Gasteiger partial charge in [-0.15, -0.1) is 0 Å². The van der Waals surface area contributed by atoms with Crippen molar-refractivity contribution in [3.05, 3.63) is 0 Å². The molecule has 4 saturated carbocycles. The third-order valence-electron chi connectivity index (χ3n) is 9.58. The minimum atomic E-state index is -0.393. The lowest BCUT2D eigenvalue weighted by atomic mass is 9.48. The summed E-state index contributed by atoms with van der Waals surface area (Å²) >= 11 is 0. The second kappa shape index (κ2) is 6.51. The van der Waals surface area contributed by atoms with E-state index in [9.17, 15) is 10.2 Å². The van der Waals surface area contributed by atoms with Gasteiger partial charge in [-0.25, -0.2) is 0 Å². The number of aliphatic hydroxyl groups excluding tert-OH is 1. The second-order valence-electron chi connectivity index (χ2n) is 10.9. The fourth-order valence-electron chi connectivity index (χ4n) is 8.46. The van der Waals surface area contributed by atoms with Crippen molar-refractivity contribution in [2.45, 2.75) is 90.6 Å². The maximum atomic E-state index is 10.5. The molecule has 0 aromatic heterocycles. The lowest BCUT2D eigenvalue weighted by Crippen LogP contribution is -2.50. The predicted molar refractivity (Wildman–Crippen MR) is 102 cm³/mol. The minimum Gasteiger partial charge on any atom is -0.396 e. The van der Waals surface area contributed by atoms with Gasteiger partial charge in [0.2, 0.25) is 0 Å². The first-order valence-electron chi connectivity index (χ1n) is 11.2. The lowest BCUT2D eigenvalue weighted by molar-refractivity contribution is -0.103. The molecule has 0 heterocycles.